The van der Waals surface area contributed by atoms with Crippen LogP contribution in [0.5, 0.6) is 0 Å². The van der Waals surface area contributed by atoms with E-state index in [1.807, 2.05) is 0 Å². The quantitative estimate of drug-likeness (QED) is 0.162. The number of nitrogens with one attached hydrogen (secondary N) is 1. The van der Waals surface area contributed by atoms with Crippen LogP contribution in [-0.2, 0) is 62.8 Å². The SMILES string of the molecule is CCCCC1CCC(N(CC(=O)NC[C@H]2O[C@H](OC)[C@@H](OS(=O)(=O)O)[C@@H](OS(=O)(=O)O)[C@@H]2OS(=O)(=O)O)C(C)=O)CC1. The maximum atomic E-state index is 12.8. The second-order valence-corrected chi connectivity index (χ2v) is 13.2. The van der Waals surface area contributed by atoms with Crippen molar-refractivity contribution in [3.8, 4) is 0 Å². The standard InChI is InChI=1S/C21H38N2O16S3/c1-4-5-6-14-7-9-15(10-8-14)23(13(2)24)12-17(25)22-11-16-18(37-40(26,27)28)19(38-41(29,30)31)20(21(35-3)36-16)39-42(32,33)34/h14-16,18-21H,4-12H2,1-3H3,(H,22,25)(H,26,27,28)(H,29,30,31)(H,32,33,34)/t14?,15?,16-,18-,19+,20+,21+/m1/s1. The lowest BCUT2D eigenvalue weighted by Crippen LogP contribution is -2.64. The van der Waals surface area contributed by atoms with Gasteiger partial charge in [-0.3, -0.25) is 23.2 Å². The Morgan fingerprint density at radius 1 is 0.881 bits per heavy atom. The Bertz CT molecular complexity index is 1230. The number of carbonyl (C=O) groups excluding carboxylic acids is 2. The van der Waals surface area contributed by atoms with E-state index in [0.29, 0.717) is 18.8 Å². The summed E-state index contributed by atoms with van der Waals surface area (Å²) in [5.41, 5.74) is 0. The topological polar surface area (TPSA) is 259 Å². The number of unbranched alkanes of at least 4 members (excludes halogenated alkanes) is 1. The van der Waals surface area contributed by atoms with Crippen molar-refractivity contribution in [2.45, 2.75) is 95.5 Å². The highest BCUT2D eigenvalue weighted by atomic mass is 32.3. The molecule has 2 fully saturated rings. The lowest BCUT2D eigenvalue weighted by Gasteiger charge is -2.43. The fourth-order valence-corrected chi connectivity index (χ4v) is 6.64. The van der Waals surface area contributed by atoms with Crippen molar-refractivity contribution in [2.75, 3.05) is 20.2 Å². The van der Waals surface area contributed by atoms with Gasteiger partial charge in [0.15, 0.2) is 12.4 Å². The van der Waals surface area contributed by atoms with Crippen LogP contribution >= 0.6 is 0 Å². The van der Waals surface area contributed by atoms with Gasteiger partial charge in [0.25, 0.3) is 0 Å². The molecule has 2 aliphatic rings. The molecule has 0 bridgehead atoms. The van der Waals surface area contributed by atoms with Crippen LogP contribution in [0.15, 0.2) is 0 Å². The summed E-state index contributed by atoms with van der Waals surface area (Å²) in [6.45, 7) is 2.36. The van der Waals surface area contributed by atoms with Crippen LogP contribution in [0.25, 0.3) is 0 Å². The van der Waals surface area contributed by atoms with Crippen LogP contribution in [0, 0.1) is 5.92 Å². The molecular weight excluding hydrogens is 632 g/mol. The van der Waals surface area contributed by atoms with Gasteiger partial charge in [0.2, 0.25) is 11.8 Å². The average Bonchev–Trinajstić information content (AvgIpc) is 2.85. The van der Waals surface area contributed by atoms with Crippen molar-refractivity contribution in [1.29, 1.82) is 0 Å². The van der Waals surface area contributed by atoms with Crippen molar-refractivity contribution < 1.29 is 70.5 Å². The van der Waals surface area contributed by atoms with E-state index >= 15 is 0 Å². The van der Waals surface area contributed by atoms with Crippen LogP contribution in [-0.4, -0.2) is 113 Å². The molecule has 246 valence electrons. The number of carbonyl (C=O) groups is 2. The van der Waals surface area contributed by atoms with Crippen LogP contribution in [0.1, 0.15) is 58.8 Å². The number of methoxy groups -OCH3 is 1. The van der Waals surface area contributed by atoms with Gasteiger partial charge in [-0.25, -0.2) is 12.5 Å². The van der Waals surface area contributed by atoms with Crippen molar-refractivity contribution >= 4 is 43.0 Å². The predicted octanol–water partition coefficient (Wildman–Crippen LogP) is -0.365. The zero-order chi connectivity index (χ0) is 31.9. The third-order valence-electron chi connectivity index (χ3n) is 6.96. The molecular formula is C21H38N2O16S3. The van der Waals surface area contributed by atoms with E-state index in [0.717, 1.165) is 39.2 Å². The molecule has 0 aromatic carbocycles. The fraction of sp³-hybridized carbons (Fsp3) is 0.905. The van der Waals surface area contributed by atoms with Gasteiger partial charge in [0.05, 0.1) is 6.54 Å². The summed E-state index contributed by atoms with van der Waals surface area (Å²) in [6, 6.07) is -0.184. The van der Waals surface area contributed by atoms with E-state index in [4.69, 9.17) is 14.0 Å². The fourth-order valence-electron chi connectivity index (χ4n) is 5.14. The van der Waals surface area contributed by atoms with Gasteiger partial charge in [-0.2, -0.15) is 25.3 Å². The van der Waals surface area contributed by atoms with Gasteiger partial charge in [-0.05, 0) is 31.6 Å². The first-order valence-corrected chi connectivity index (χ1v) is 17.1. The molecule has 0 unspecified atom stereocenters. The molecule has 0 aromatic rings. The lowest BCUT2D eigenvalue weighted by molar-refractivity contribution is -0.273. The van der Waals surface area contributed by atoms with Crippen LogP contribution < -0.4 is 5.32 Å². The van der Waals surface area contributed by atoms with Crippen molar-refractivity contribution in [3.05, 3.63) is 0 Å². The summed E-state index contributed by atoms with van der Waals surface area (Å²) in [5, 5.41) is 2.37. The zero-order valence-corrected chi connectivity index (χ0v) is 25.7. The van der Waals surface area contributed by atoms with E-state index in [-0.39, 0.29) is 18.5 Å². The summed E-state index contributed by atoms with van der Waals surface area (Å²) in [6.07, 6.45) is -4.22. The molecule has 42 heavy (non-hydrogen) atoms. The molecule has 2 amide bonds. The summed E-state index contributed by atoms with van der Waals surface area (Å²) in [4.78, 5) is 26.6. The minimum atomic E-state index is -5.49. The van der Waals surface area contributed by atoms with E-state index in [1.54, 1.807) is 0 Å². The Labute approximate surface area is 245 Å². The molecule has 1 aliphatic heterocycles. The van der Waals surface area contributed by atoms with Gasteiger partial charge in [0.1, 0.15) is 18.3 Å². The Kier molecular flexibility index (Phi) is 13.5. The van der Waals surface area contributed by atoms with Gasteiger partial charge in [-0.1, -0.05) is 26.2 Å². The normalized spacial score (nSPS) is 29.1. The first kappa shape index (κ1) is 36.7. The average molecular weight is 671 g/mol. The highest BCUT2D eigenvalue weighted by Crippen LogP contribution is 2.32. The Morgan fingerprint density at radius 2 is 1.40 bits per heavy atom. The molecule has 18 nitrogen and oxygen atoms in total. The zero-order valence-electron chi connectivity index (χ0n) is 23.2. The van der Waals surface area contributed by atoms with E-state index in [1.165, 1.54) is 11.8 Å². The molecule has 5 atom stereocenters. The highest BCUT2D eigenvalue weighted by Gasteiger charge is 2.53. The van der Waals surface area contributed by atoms with E-state index in [9.17, 15) is 43.9 Å². The van der Waals surface area contributed by atoms with E-state index in [2.05, 4.69) is 24.8 Å². The Balaban J connectivity index is 2.22. The van der Waals surface area contributed by atoms with Crippen molar-refractivity contribution in [2.24, 2.45) is 5.92 Å². The first-order chi connectivity index (χ1) is 19.3. The highest BCUT2D eigenvalue weighted by molar-refractivity contribution is 7.81. The molecule has 21 heteroatoms. The summed E-state index contributed by atoms with van der Waals surface area (Å²) >= 11 is 0. The van der Waals surface area contributed by atoms with Crippen molar-refractivity contribution in [1.82, 2.24) is 10.2 Å². The smallest absolute Gasteiger partial charge is 0.353 e. The molecule has 2 rings (SSSR count). The summed E-state index contributed by atoms with van der Waals surface area (Å²) in [7, 11) is -15.4. The molecule has 0 radical (unpaired) electrons. The predicted molar refractivity (Wildman–Crippen MR) is 141 cm³/mol. The Hall–Kier alpha value is -1.53. The number of rotatable bonds is 15. The van der Waals surface area contributed by atoms with Crippen LogP contribution in [0.4, 0.5) is 0 Å². The summed E-state index contributed by atoms with van der Waals surface area (Å²) < 4.78 is 120. The number of nitrogens with zero attached hydrogens (tertiary/aromatic N) is 1. The minimum absolute atomic E-state index is 0.184. The number of amides is 2. The molecule has 1 saturated heterocycles. The van der Waals surface area contributed by atoms with Gasteiger partial charge in [0, 0.05) is 26.6 Å². The number of ether oxygens (including phenoxy) is 2. The molecule has 1 aliphatic carbocycles. The third kappa shape index (κ3) is 12.2. The first-order valence-electron chi connectivity index (χ1n) is 13.0. The molecule has 0 aromatic heterocycles. The van der Waals surface area contributed by atoms with E-state index < -0.39 is 74.4 Å². The molecule has 1 saturated carbocycles. The maximum Gasteiger partial charge on any atom is 0.397 e. The number of hydrogen-bond acceptors (Lipinski definition) is 13. The number of hydrogen-bond donors (Lipinski definition) is 4. The molecule has 1 heterocycles. The minimum Gasteiger partial charge on any atom is -0.353 e. The summed E-state index contributed by atoms with van der Waals surface area (Å²) in [5.74, 6) is -0.535. The van der Waals surface area contributed by atoms with Gasteiger partial charge >= 0.3 is 31.2 Å². The maximum absolute atomic E-state index is 12.8. The second kappa shape index (κ2) is 15.5. The third-order valence-corrected chi connectivity index (χ3v) is 8.36. The van der Waals surface area contributed by atoms with Gasteiger partial charge < -0.3 is 19.7 Å². The molecule has 0 spiro atoms. The van der Waals surface area contributed by atoms with Crippen LogP contribution in [0.3, 0.4) is 0 Å². The van der Waals surface area contributed by atoms with Crippen LogP contribution in [0.2, 0.25) is 0 Å². The molecule has 4 N–H and O–H groups in total. The van der Waals surface area contributed by atoms with Gasteiger partial charge in [-0.15, -0.1) is 0 Å². The monoisotopic (exact) mass is 670 g/mol. The lowest BCUT2D eigenvalue weighted by atomic mass is 9.82. The Morgan fingerprint density at radius 3 is 1.88 bits per heavy atom. The second-order valence-electron chi connectivity index (χ2n) is 10.0. The van der Waals surface area contributed by atoms with Crippen molar-refractivity contribution in [3.63, 3.8) is 0 Å². The largest absolute Gasteiger partial charge is 0.397 e.